The van der Waals surface area contributed by atoms with Crippen LogP contribution in [0.5, 0.6) is 5.75 Å². The summed E-state index contributed by atoms with van der Waals surface area (Å²) in [6, 6.07) is 5.73. The molecule has 4 N–H and O–H groups in total. The molecule has 37 heavy (non-hydrogen) atoms. The normalized spacial score (nSPS) is 18.3. The second-order valence-electron chi connectivity index (χ2n) is 8.18. The Morgan fingerprint density at radius 2 is 1.59 bits per heavy atom. The Morgan fingerprint density at radius 1 is 1.00 bits per heavy atom. The van der Waals surface area contributed by atoms with Crippen molar-refractivity contribution in [1.82, 2.24) is 0 Å². The summed E-state index contributed by atoms with van der Waals surface area (Å²) in [6.07, 6.45) is -2.71. The van der Waals surface area contributed by atoms with Crippen LogP contribution >= 0.6 is 0 Å². The lowest BCUT2D eigenvalue weighted by atomic mass is 9.79. The van der Waals surface area contributed by atoms with Crippen molar-refractivity contribution < 1.29 is 54.5 Å². The Bertz CT molecular complexity index is 1510. The molecular weight excluding hydrogens is 534 g/mol. The lowest BCUT2D eigenvalue weighted by molar-refractivity contribution is 0.0768. The first kappa shape index (κ1) is 28.2. The van der Waals surface area contributed by atoms with Gasteiger partial charge in [-0.05, 0) is 41.0 Å². The van der Waals surface area contributed by atoms with E-state index in [1.807, 2.05) is 0 Å². The van der Waals surface area contributed by atoms with Crippen LogP contribution in [0.3, 0.4) is 0 Å². The van der Waals surface area contributed by atoms with E-state index in [-0.39, 0.29) is 45.4 Å². The van der Waals surface area contributed by atoms with Gasteiger partial charge in [-0.1, -0.05) is 0 Å². The van der Waals surface area contributed by atoms with Gasteiger partial charge in [-0.2, -0.15) is 16.8 Å². The van der Waals surface area contributed by atoms with Crippen LogP contribution in [0.1, 0.15) is 54.6 Å². The summed E-state index contributed by atoms with van der Waals surface area (Å²) in [6.45, 7) is -0.614. The number of benzene rings is 2. The summed E-state index contributed by atoms with van der Waals surface area (Å²) in [5, 5.41) is 17.2. The standard InChI is InChI=1S/C21H20O10S2.CH3NO2/c1-29-11-4-5-12-13(7-11)19(23)15-6-10(9-22)17-14(18(15)20(12)24)8-16(30-32(2,25)26)21(17)31-33(3,27)28;2-1(3)4/h4-7,16,21-22H,8-9H2,1-3H3;2H2,(H,3,4). The number of nitrogens with two attached hydrogens (primary N) is 1. The molecule has 2 aromatic rings. The van der Waals surface area contributed by atoms with Gasteiger partial charge in [0, 0.05) is 28.7 Å². The third-order valence-corrected chi connectivity index (χ3v) is 6.68. The van der Waals surface area contributed by atoms with Crippen LogP contribution < -0.4 is 10.5 Å². The van der Waals surface area contributed by atoms with Crippen LogP contribution in [0.2, 0.25) is 0 Å². The number of rotatable bonds is 6. The highest BCUT2D eigenvalue weighted by molar-refractivity contribution is 7.86. The topological polar surface area (TPSA) is 214 Å². The van der Waals surface area contributed by atoms with E-state index in [2.05, 4.69) is 5.73 Å². The van der Waals surface area contributed by atoms with Crippen molar-refractivity contribution in [1.29, 1.82) is 0 Å². The highest BCUT2D eigenvalue weighted by Crippen LogP contribution is 2.45. The molecule has 15 heteroatoms. The fourth-order valence-corrected chi connectivity index (χ4v) is 5.58. The van der Waals surface area contributed by atoms with E-state index < -0.39 is 56.7 Å². The van der Waals surface area contributed by atoms with Gasteiger partial charge in [0.25, 0.3) is 20.2 Å². The molecule has 0 radical (unpaired) electrons. The van der Waals surface area contributed by atoms with Gasteiger partial charge in [-0.3, -0.25) is 18.0 Å². The maximum absolute atomic E-state index is 13.4. The molecule has 2 aromatic carbocycles. The number of aliphatic hydroxyl groups is 1. The molecule has 2 aliphatic rings. The molecule has 0 bridgehead atoms. The predicted octanol–water partition coefficient (Wildman–Crippen LogP) is 0.504. The molecule has 0 aromatic heterocycles. The van der Waals surface area contributed by atoms with Crippen molar-refractivity contribution in [3.05, 3.63) is 63.2 Å². The summed E-state index contributed by atoms with van der Waals surface area (Å²) in [5.41, 5.74) is 4.76. The number of hydrogen-bond donors (Lipinski definition) is 3. The molecule has 2 atom stereocenters. The zero-order chi connectivity index (χ0) is 27.9. The Labute approximate surface area is 212 Å². The molecule has 0 aliphatic heterocycles. The largest absolute Gasteiger partial charge is 0.497 e. The third-order valence-electron chi connectivity index (χ3n) is 5.52. The van der Waals surface area contributed by atoms with Gasteiger partial charge in [0.1, 0.15) is 18.0 Å². The molecule has 0 fully saturated rings. The zero-order valence-corrected chi connectivity index (χ0v) is 21.4. The molecule has 0 saturated heterocycles. The van der Waals surface area contributed by atoms with E-state index in [9.17, 15) is 31.5 Å². The Morgan fingerprint density at radius 3 is 2.11 bits per heavy atom. The number of methoxy groups -OCH3 is 1. The SMILES string of the molecule is COc1ccc2c(c1)C(=O)c1cc(CO)c3c(c1C2=O)CC(OS(C)(=O)=O)C3OS(C)(=O)=O.NC(=O)O. The van der Waals surface area contributed by atoms with E-state index in [4.69, 9.17) is 23.0 Å². The van der Waals surface area contributed by atoms with Crippen LogP contribution in [0.25, 0.3) is 0 Å². The van der Waals surface area contributed by atoms with E-state index in [1.165, 1.54) is 31.4 Å². The Hall–Kier alpha value is -3.37. The molecule has 2 aliphatic carbocycles. The van der Waals surface area contributed by atoms with Gasteiger partial charge in [0.05, 0.1) is 26.2 Å². The van der Waals surface area contributed by atoms with Crippen LogP contribution in [-0.2, 0) is 41.6 Å². The van der Waals surface area contributed by atoms with Gasteiger partial charge in [-0.15, -0.1) is 0 Å². The van der Waals surface area contributed by atoms with Crippen LogP contribution in [0.15, 0.2) is 24.3 Å². The second-order valence-corrected chi connectivity index (χ2v) is 11.4. The minimum atomic E-state index is -4.09. The molecule has 2 unspecified atom stereocenters. The predicted molar refractivity (Wildman–Crippen MR) is 127 cm³/mol. The van der Waals surface area contributed by atoms with E-state index in [1.54, 1.807) is 0 Å². The number of ether oxygens (including phenoxy) is 1. The highest BCUT2D eigenvalue weighted by Gasteiger charge is 2.45. The van der Waals surface area contributed by atoms with Crippen molar-refractivity contribution in [3.8, 4) is 5.75 Å². The van der Waals surface area contributed by atoms with Crippen molar-refractivity contribution in [2.45, 2.75) is 25.2 Å². The van der Waals surface area contributed by atoms with E-state index >= 15 is 0 Å². The van der Waals surface area contributed by atoms with Crippen LogP contribution in [0, 0.1) is 0 Å². The average Bonchev–Trinajstić information content (AvgIpc) is 3.10. The van der Waals surface area contributed by atoms with Gasteiger partial charge in [0.2, 0.25) is 0 Å². The Balaban J connectivity index is 0.000000886. The summed E-state index contributed by atoms with van der Waals surface area (Å²) >= 11 is 0. The first-order valence-electron chi connectivity index (χ1n) is 10.4. The molecular formula is C22H23NO12S2. The first-order valence-corrected chi connectivity index (χ1v) is 14.0. The number of carbonyl (C=O) groups excluding carboxylic acids is 2. The van der Waals surface area contributed by atoms with E-state index in [0.29, 0.717) is 5.75 Å². The second kappa shape index (κ2) is 10.2. The molecule has 200 valence electrons. The summed E-state index contributed by atoms with van der Waals surface area (Å²) < 4.78 is 62.8. The van der Waals surface area contributed by atoms with Gasteiger partial charge < -0.3 is 20.7 Å². The van der Waals surface area contributed by atoms with Gasteiger partial charge >= 0.3 is 6.09 Å². The first-order chi connectivity index (χ1) is 17.1. The highest BCUT2D eigenvalue weighted by atomic mass is 32.2. The number of carboxylic acid groups (broad SMARTS) is 1. The van der Waals surface area contributed by atoms with Gasteiger partial charge in [-0.25, -0.2) is 4.79 Å². The van der Waals surface area contributed by atoms with Crippen LogP contribution in [-0.4, -0.2) is 70.4 Å². The average molecular weight is 558 g/mol. The smallest absolute Gasteiger partial charge is 0.402 e. The lowest BCUT2D eigenvalue weighted by Crippen LogP contribution is -2.26. The number of aliphatic hydroxyl groups excluding tert-OH is 1. The molecule has 0 heterocycles. The lowest BCUT2D eigenvalue weighted by Gasteiger charge is -2.23. The molecule has 4 rings (SSSR count). The maximum atomic E-state index is 13.4. The number of fused-ring (bicyclic) bond motifs is 4. The Kier molecular flexibility index (Phi) is 7.76. The zero-order valence-electron chi connectivity index (χ0n) is 19.7. The number of hydrogen-bond acceptors (Lipinski definition) is 11. The van der Waals surface area contributed by atoms with Crippen molar-refractivity contribution in [2.75, 3.05) is 19.6 Å². The van der Waals surface area contributed by atoms with Crippen LogP contribution in [0.4, 0.5) is 4.79 Å². The number of ketones is 2. The molecule has 0 spiro atoms. The van der Waals surface area contributed by atoms with Crippen molar-refractivity contribution in [2.24, 2.45) is 5.73 Å². The molecule has 0 saturated carbocycles. The summed E-state index contributed by atoms with van der Waals surface area (Å²) in [7, 11) is -6.70. The van der Waals surface area contributed by atoms with E-state index in [0.717, 1.165) is 12.5 Å². The van der Waals surface area contributed by atoms with Crippen molar-refractivity contribution in [3.63, 3.8) is 0 Å². The summed E-state index contributed by atoms with van der Waals surface area (Å²) in [5.74, 6) is -0.602. The fourth-order valence-electron chi connectivity index (χ4n) is 4.37. The minimum absolute atomic E-state index is 0.00608. The number of carbonyl (C=O) groups is 3. The molecule has 13 nitrogen and oxygen atoms in total. The third kappa shape index (κ3) is 5.97. The van der Waals surface area contributed by atoms with Gasteiger partial charge in [0.15, 0.2) is 11.6 Å². The molecule has 1 amide bonds. The van der Waals surface area contributed by atoms with Crippen molar-refractivity contribution >= 4 is 37.9 Å². The maximum Gasteiger partial charge on any atom is 0.402 e. The fraction of sp³-hybridized carbons (Fsp3) is 0.318. The number of primary amides is 1. The quantitative estimate of drug-likeness (QED) is 0.353. The summed E-state index contributed by atoms with van der Waals surface area (Å²) in [4.78, 5) is 35.5. The minimum Gasteiger partial charge on any atom is -0.497 e. The number of amides is 1. The monoisotopic (exact) mass is 557 g/mol.